The van der Waals surface area contributed by atoms with E-state index < -0.39 is 78.2 Å². The van der Waals surface area contributed by atoms with Gasteiger partial charge in [0.1, 0.15) is 17.0 Å². The standard InChI is InChI=1S/C28H32ClF5N4O2/c1-2-37-11-5-17(6-12-37)18-3-4-20(21(29)13-18)27(30,31)19-14-22(23(39)36-25(16-35)7-8-25)38(15-19)24(40)26(9-10-26)28(32,33)34/h3-4,13,17,19,22H,2,5-12,14-15H2,1H3,(H,36,39)/t19?,22-/m0/s1. The van der Waals surface area contributed by atoms with Crippen LogP contribution >= 0.6 is 11.6 Å². The van der Waals surface area contributed by atoms with Crippen molar-refractivity contribution in [1.29, 1.82) is 5.26 Å². The predicted molar refractivity (Wildman–Crippen MR) is 136 cm³/mol. The Morgan fingerprint density at radius 3 is 2.27 bits per heavy atom. The van der Waals surface area contributed by atoms with Crippen molar-refractivity contribution in [1.82, 2.24) is 15.1 Å². The van der Waals surface area contributed by atoms with Crippen LogP contribution in [-0.2, 0) is 15.5 Å². The van der Waals surface area contributed by atoms with E-state index in [2.05, 4.69) is 17.1 Å². The zero-order valence-electron chi connectivity index (χ0n) is 22.2. The molecule has 1 aromatic carbocycles. The first kappa shape index (κ1) is 29.1. The molecule has 2 saturated heterocycles. The van der Waals surface area contributed by atoms with Crippen LogP contribution in [0.3, 0.4) is 0 Å². The molecule has 0 spiro atoms. The summed E-state index contributed by atoms with van der Waals surface area (Å²) in [7, 11) is 0. The van der Waals surface area contributed by atoms with Crippen molar-refractivity contribution in [2.45, 2.75) is 81.5 Å². The summed E-state index contributed by atoms with van der Waals surface area (Å²) in [5.41, 5.74) is -3.45. The third-order valence-corrected chi connectivity index (χ3v) is 9.58. The Morgan fingerprint density at radius 1 is 1.12 bits per heavy atom. The first-order valence-electron chi connectivity index (χ1n) is 13.8. The van der Waals surface area contributed by atoms with Crippen LogP contribution in [0.4, 0.5) is 22.0 Å². The lowest BCUT2D eigenvalue weighted by Crippen LogP contribution is -2.53. The summed E-state index contributed by atoms with van der Waals surface area (Å²) in [6, 6.07) is 4.82. The van der Waals surface area contributed by atoms with Gasteiger partial charge >= 0.3 is 6.18 Å². The Bertz CT molecular complexity index is 1220. The molecule has 4 fully saturated rings. The third kappa shape index (κ3) is 5.06. The molecule has 1 unspecified atom stereocenters. The zero-order valence-corrected chi connectivity index (χ0v) is 22.9. The van der Waals surface area contributed by atoms with Crippen LogP contribution in [0.15, 0.2) is 18.2 Å². The minimum absolute atomic E-state index is 0.151. The van der Waals surface area contributed by atoms with Crippen molar-refractivity contribution in [2.24, 2.45) is 11.3 Å². The summed E-state index contributed by atoms with van der Waals surface area (Å²) in [6.07, 6.45) is -3.86. The molecule has 1 N–H and O–H groups in total. The zero-order chi connectivity index (χ0) is 29.1. The summed E-state index contributed by atoms with van der Waals surface area (Å²) < 4.78 is 73.3. The van der Waals surface area contributed by atoms with Gasteiger partial charge in [-0.2, -0.15) is 18.4 Å². The minimum Gasteiger partial charge on any atom is -0.336 e. The van der Waals surface area contributed by atoms with E-state index in [0.717, 1.165) is 38.0 Å². The monoisotopic (exact) mass is 586 g/mol. The molecule has 1 aromatic rings. The van der Waals surface area contributed by atoms with E-state index in [1.54, 1.807) is 6.07 Å². The van der Waals surface area contributed by atoms with Gasteiger partial charge in [0.15, 0.2) is 0 Å². The number of amides is 2. The number of nitrogens with zero attached hydrogens (tertiary/aromatic N) is 3. The Labute approximate surface area is 234 Å². The molecule has 12 heteroatoms. The lowest BCUT2D eigenvalue weighted by molar-refractivity contribution is -0.199. The first-order chi connectivity index (χ1) is 18.8. The van der Waals surface area contributed by atoms with Crippen LogP contribution in [0.2, 0.25) is 5.02 Å². The first-order valence-corrected chi connectivity index (χ1v) is 14.2. The van der Waals surface area contributed by atoms with E-state index in [-0.39, 0.29) is 10.9 Å². The molecule has 2 aliphatic heterocycles. The minimum atomic E-state index is -4.86. The van der Waals surface area contributed by atoms with E-state index in [9.17, 15) is 28.0 Å². The fraction of sp³-hybridized carbons (Fsp3) is 0.679. The van der Waals surface area contributed by atoms with Gasteiger partial charge in [-0.25, -0.2) is 8.78 Å². The predicted octanol–water partition coefficient (Wildman–Crippen LogP) is 5.36. The number of halogens is 6. The Hall–Kier alpha value is -2.45. The molecule has 6 nitrogen and oxygen atoms in total. The number of nitrogens with one attached hydrogen (secondary N) is 1. The number of hydrogen-bond acceptors (Lipinski definition) is 4. The van der Waals surface area contributed by atoms with Gasteiger partial charge in [-0.3, -0.25) is 9.59 Å². The quantitative estimate of drug-likeness (QED) is 0.436. The van der Waals surface area contributed by atoms with Crippen LogP contribution in [0, 0.1) is 22.7 Å². The average molecular weight is 587 g/mol. The highest BCUT2D eigenvalue weighted by Gasteiger charge is 2.71. The van der Waals surface area contributed by atoms with Gasteiger partial charge in [-0.05, 0) is 82.1 Å². The fourth-order valence-corrected chi connectivity index (χ4v) is 6.47. The van der Waals surface area contributed by atoms with Crippen LogP contribution in [0.5, 0.6) is 0 Å². The van der Waals surface area contributed by atoms with E-state index >= 15 is 8.78 Å². The summed E-state index contributed by atoms with van der Waals surface area (Å²) in [5, 5.41) is 11.7. The van der Waals surface area contributed by atoms with Crippen molar-refractivity contribution < 1.29 is 31.5 Å². The molecule has 5 rings (SSSR count). The van der Waals surface area contributed by atoms with Crippen LogP contribution in [0.25, 0.3) is 0 Å². The highest BCUT2D eigenvalue weighted by Crippen LogP contribution is 2.60. The molecule has 2 aliphatic carbocycles. The summed E-state index contributed by atoms with van der Waals surface area (Å²) in [4.78, 5) is 29.2. The van der Waals surface area contributed by atoms with Gasteiger partial charge in [0, 0.05) is 18.0 Å². The van der Waals surface area contributed by atoms with Crippen LogP contribution < -0.4 is 5.32 Å². The summed E-state index contributed by atoms with van der Waals surface area (Å²) >= 11 is 6.39. The molecule has 0 radical (unpaired) electrons. The second kappa shape index (κ2) is 10.1. The van der Waals surface area contributed by atoms with E-state index in [4.69, 9.17) is 11.6 Å². The molecule has 2 saturated carbocycles. The number of alkyl halides is 5. The Morgan fingerprint density at radius 2 is 1.77 bits per heavy atom. The van der Waals surface area contributed by atoms with E-state index in [1.807, 2.05) is 6.07 Å². The number of benzene rings is 1. The lowest BCUT2D eigenvalue weighted by Gasteiger charge is -2.32. The van der Waals surface area contributed by atoms with Gasteiger partial charge in [0.25, 0.3) is 5.92 Å². The largest absolute Gasteiger partial charge is 0.403 e. The van der Waals surface area contributed by atoms with Crippen molar-refractivity contribution in [2.75, 3.05) is 26.2 Å². The Kier molecular flexibility index (Phi) is 7.35. The SMILES string of the molecule is CCN1CCC(c2ccc(C(F)(F)C3C[C@@H](C(=O)NC4(C#N)CC4)N(C(=O)C4(C(F)(F)F)CC4)C3)c(Cl)c2)CC1. The molecule has 2 atom stereocenters. The van der Waals surface area contributed by atoms with E-state index in [0.29, 0.717) is 17.7 Å². The van der Waals surface area contributed by atoms with Gasteiger partial charge in [0.05, 0.1) is 11.1 Å². The van der Waals surface area contributed by atoms with Gasteiger partial charge in [0.2, 0.25) is 11.8 Å². The van der Waals surface area contributed by atoms with E-state index in [1.165, 1.54) is 12.1 Å². The number of piperidine rings is 1. The topological polar surface area (TPSA) is 76.4 Å². The highest BCUT2D eigenvalue weighted by atomic mass is 35.5. The molecule has 4 aliphatic rings. The maximum Gasteiger partial charge on any atom is 0.403 e. The van der Waals surface area contributed by atoms with Crippen molar-refractivity contribution in [3.8, 4) is 6.07 Å². The lowest BCUT2D eigenvalue weighted by atomic mass is 9.86. The molecule has 2 heterocycles. The molecular formula is C28H32ClF5N4O2. The molecule has 2 amide bonds. The maximum absolute atomic E-state index is 16.0. The van der Waals surface area contributed by atoms with Gasteiger partial charge in [-0.1, -0.05) is 30.7 Å². The second-order valence-electron chi connectivity index (χ2n) is 11.7. The van der Waals surface area contributed by atoms with Crippen molar-refractivity contribution in [3.05, 3.63) is 34.3 Å². The van der Waals surface area contributed by atoms with Crippen LogP contribution in [-0.4, -0.2) is 65.6 Å². The number of nitriles is 1. The highest BCUT2D eigenvalue weighted by molar-refractivity contribution is 6.31. The maximum atomic E-state index is 16.0. The second-order valence-corrected chi connectivity index (χ2v) is 12.1. The number of carbonyl (C=O) groups is 2. The molecule has 0 bridgehead atoms. The molecule has 218 valence electrons. The third-order valence-electron chi connectivity index (χ3n) is 9.26. The number of hydrogen-bond donors (Lipinski definition) is 1. The molecule has 0 aromatic heterocycles. The number of carbonyl (C=O) groups excluding carboxylic acids is 2. The smallest absolute Gasteiger partial charge is 0.336 e. The summed E-state index contributed by atoms with van der Waals surface area (Å²) in [5.74, 6) is -7.31. The van der Waals surface area contributed by atoms with Crippen LogP contribution in [0.1, 0.15) is 68.9 Å². The van der Waals surface area contributed by atoms with Gasteiger partial charge < -0.3 is 15.1 Å². The number of likely N-dealkylation sites (tertiary alicyclic amines) is 2. The average Bonchev–Trinajstić information content (AvgIpc) is 3.84. The van der Waals surface area contributed by atoms with Crippen molar-refractivity contribution in [3.63, 3.8) is 0 Å². The normalized spacial score (nSPS) is 26.3. The Balaban J connectivity index is 1.39. The fourth-order valence-electron chi connectivity index (χ4n) is 6.16. The molecular weight excluding hydrogens is 555 g/mol. The number of rotatable bonds is 7. The summed E-state index contributed by atoms with van der Waals surface area (Å²) in [6.45, 7) is 4.10. The van der Waals surface area contributed by atoms with Gasteiger partial charge in [-0.15, -0.1) is 0 Å². The van der Waals surface area contributed by atoms with Crippen molar-refractivity contribution >= 4 is 23.4 Å². The molecule has 40 heavy (non-hydrogen) atoms.